The van der Waals surface area contributed by atoms with Gasteiger partial charge in [-0.15, -0.1) is 0 Å². The maximum atomic E-state index is 12.1. The highest BCUT2D eigenvalue weighted by molar-refractivity contribution is 5.92. The van der Waals surface area contributed by atoms with Crippen LogP contribution in [0.15, 0.2) is 30.3 Å². The van der Waals surface area contributed by atoms with Crippen molar-refractivity contribution >= 4 is 17.7 Å². The van der Waals surface area contributed by atoms with Crippen molar-refractivity contribution in [3.63, 3.8) is 0 Å². The molecule has 6 heteroatoms. The van der Waals surface area contributed by atoms with Crippen molar-refractivity contribution in [3.8, 4) is 0 Å². The summed E-state index contributed by atoms with van der Waals surface area (Å²) in [4.78, 5) is 24.0. The minimum atomic E-state index is -0.454. The number of rotatable bonds is 4. The van der Waals surface area contributed by atoms with E-state index in [0.717, 1.165) is 19.4 Å². The van der Waals surface area contributed by atoms with E-state index in [-0.39, 0.29) is 17.6 Å². The number of carbonyl (C=O) groups is 1. The first kappa shape index (κ1) is 14.2. The Morgan fingerprint density at radius 3 is 3.05 bits per heavy atom. The van der Waals surface area contributed by atoms with E-state index in [9.17, 15) is 14.9 Å². The van der Waals surface area contributed by atoms with Gasteiger partial charge in [0.05, 0.1) is 4.92 Å². The minimum Gasteiger partial charge on any atom is -0.335 e. The van der Waals surface area contributed by atoms with E-state index in [0.29, 0.717) is 12.1 Å². The molecule has 1 saturated heterocycles. The van der Waals surface area contributed by atoms with Crippen LogP contribution in [0.5, 0.6) is 0 Å². The molecule has 1 aliphatic heterocycles. The largest absolute Gasteiger partial charge is 0.335 e. The van der Waals surface area contributed by atoms with Crippen molar-refractivity contribution in [1.82, 2.24) is 4.90 Å². The zero-order valence-corrected chi connectivity index (χ0v) is 11.1. The first-order valence-electron chi connectivity index (χ1n) is 6.55. The highest BCUT2D eigenvalue weighted by Gasteiger charge is 2.25. The SMILES string of the molecule is NCC1CCCN1C(=O)/C=C/c1cccc([N+](=O)[O-])c1. The van der Waals surface area contributed by atoms with Gasteiger partial charge in [-0.2, -0.15) is 0 Å². The number of nitro groups is 1. The van der Waals surface area contributed by atoms with Crippen LogP contribution in [-0.4, -0.2) is 34.9 Å². The molecule has 106 valence electrons. The lowest BCUT2D eigenvalue weighted by atomic mass is 10.2. The fourth-order valence-corrected chi connectivity index (χ4v) is 2.38. The molecule has 2 N–H and O–H groups in total. The predicted molar refractivity (Wildman–Crippen MR) is 75.9 cm³/mol. The van der Waals surface area contributed by atoms with Crippen molar-refractivity contribution in [3.05, 3.63) is 46.0 Å². The number of carbonyl (C=O) groups excluding carboxylic acids is 1. The molecule has 0 bridgehead atoms. The Kier molecular flexibility index (Phi) is 4.47. The van der Waals surface area contributed by atoms with Gasteiger partial charge in [0.1, 0.15) is 0 Å². The Labute approximate surface area is 117 Å². The Morgan fingerprint density at radius 2 is 2.35 bits per heavy atom. The summed E-state index contributed by atoms with van der Waals surface area (Å²) in [6.45, 7) is 1.19. The quantitative estimate of drug-likeness (QED) is 0.513. The molecule has 1 aromatic carbocycles. The number of non-ortho nitro benzene ring substituents is 1. The second-order valence-electron chi connectivity index (χ2n) is 4.75. The van der Waals surface area contributed by atoms with E-state index >= 15 is 0 Å². The molecule has 1 unspecified atom stereocenters. The van der Waals surface area contributed by atoms with Crippen molar-refractivity contribution < 1.29 is 9.72 Å². The van der Waals surface area contributed by atoms with Gasteiger partial charge >= 0.3 is 0 Å². The Balaban J connectivity index is 2.07. The molecule has 0 aliphatic carbocycles. The van der Waals surface area contributed by atoms with Gasteiger partial charge in [-0.3, -0.25) is 14.9 Å². The first-order valence-corrected chi connectivity index (χ1v) is 6.55. The number of nitrogens with zero attached hydrogens (tertiary/aromatic N) is 2. The van der Waals surface area contributed by atoms with Gasteiger partial charge in [-0.1, -0.05) is 12.1 Å². The average Bonchev–Trinajstić information content (AvgIpc) is 2.93. The highest BCUT2D eigenvalue weighted by atomic mass is 16.6. The first-order chi connectivity index (χ1) is 9.61. The van der Waals surface area contributed by atoms with Crippen LogP contribution in [0.1, 0.15) is 18.4 Å². The molecule has 1 heterocycles. The van der Waals surface area contributed by atoms with Crippen molar-refractivity contribution in [2.45, 2.75) is 18.9 Å². The summed E-state index contributed by atoms with van der Waals surface area (Å²) < 4.78 is 0. The number of hydrogen-bond acceptors (Lipinski definition) is 4. The summed E-state index contributed by atoms with van der Waals surface area (Å²) in [5.74, 6) is -0.0931. The number of amides is 1. The number of nitro benzene ring substituents is 1. The van der Waals surface area contributed by atoms with Crippen LogP contribution in [0.3, 0.4) is 0 Å². The zero-order valence-electron chi connectivity index (χ0n) is 11.1. The van der Waals surface area contributed by atoms with Crippen LogP contribution >= 0.6 is 0 Å². The van der Waals surface area contributed by atoms with Gasteiger partial charge in [-0.05, 0) is 24.5 Å². The van der Waals surface area contributed by atoms with Crippen LogP contribution in [0.2, 0.25) is 0 Å². The molecule has 0 radical (unpaired) electrons. The molecule has 6 nitrogen and oxygen atoms in total. The summed E-state index contributed by atoms with van der Waals surface area (Å²) in [5, 5.41) is 10.7. The molecule has 0 aromatic heterocycles. The van der Waals surface area contributed by atoms with Gasteiger partial charge in [0.25, 0.3) is 5.69 Å². The predicted octanol–water partition coefficient (Wildman–Crippen LogP) is 1.56. The van der Waals surface area contributed by atoms with Crippen LogP contribution in [0.4, 0.5) is 5.69 Å². The van der Waals surface area contributed by atoms with E-state index in [2.05, 4.69) is 0 Å². The normalized spacial score (nSPS) is 18.6. The smallest absolute Gasteiger partial charge is 0.270 e. The van der Waals surface area contributed by atoms with Crippen molar-refractivity contribution in [2.75, 3.05) is 13.1 Å². The van der Waals surface area contributed by atoms with Gasteiger partial charge < -0.3 is 10.6 Å². The minimum absolute atomic E-state index is 0.0145. The van der Waals surface area contributed by atoms with Crippen molar-refractivity contribution in [1.29, 1.82) is 0 Å². The summed E-state index contributed by atoms with van der Waals surface area (Å²) in [5.41, 5.74) is 6.28. The highest BCUT2D eigenvalue weighted by Crippen LogP contribution is 2.18. The molecule has 0 saturated carbocycles. The Morgan fingerprint density at radius 1 is 1.55 bits per heavy atom. The van der Waals surface area contributed by atoms with Crippen LogP contribution in [-0.2, 0) is 4.79 Å². The van der Waals surface area contributed by atoms with Crippen LogP contribution in [0.25, 0.3) is 6.08 Å². The van der Waals surface area contributed by atoms with E-state index in [1.165, 1.54) is 18.2 Å². The van der Waals surface area contributed by atoms with E-state index in [4.69, 9.17) is 5.73 Å². The average molecular weight is 275 g/mol. The lowest BCUT2D eigenvalue weighted by molar-refractivity contribution is -0.384. The molecule has 1 aromatic rings. The molecular formula is C14H17N3O3. The Bertz CT molecular complexity index is 542. The topological polar surface area (TPSA) is 89.5 Å². The lowest BCUT2D eigenvalue weighted by Gasteiger charge is -2.21. The molecule has 1 atom stereocenters. The number of hydrogen-bond donors (Lipinski definition) is 1. The number of likely N-dealkylation sites (tertiary alicyclic amines) is 1. The molecule has 0 spiro atoms. The Hall–Kier alpha value is -2.21. The molecule has 2 rings (SSSR count). The zero-order chi connectivity index (χ0) is 14.5. The van der Waals surface area contributed by atoms with Gasteiger partial charge in [-0.25, -0.2) is 0 Å². The van der Waals surface area contributed by atoms with Crippen molar-refractivity contribution in [2.24, 2.45) is 5.73 Å². The van der Waals surface area contributed by atoms with Crippen LogP contribution in [0, 0.1) is 10.1 Å². The van der Waals surface area contributed by atoms with E-state index in [1.54, 1.807) is 23.1 Å². The monoisotopic (exact) mass is 275 g/mol. The second kappa shape index (κ2) is 6.29. The third-order valence-electron chi connectivity index (χ3n) is 3.43. The summed E-state index contributed by atoms with van der Waals surface area (Å²) >= 11 is 0. The maximum Gasteiger partial charge on any atom is 0.270 e. The molecule has 20 heavy (non-hydrogen) atoms. The van der Waals surface area contributed by atoms with Gasteiger partial charge in [0, 0.05) is 37.3 Å². The van der Waals surface area contributed by atoms with E-state index < -0.39 is 4.92 Å². The molecule has 1 aliphatic rings. The summed E-state index contributed by atoms with van der Waals surface area (Å²) in [6.07, 6.45) is 4.96. The second-order valence-corrected chi connectivity index (χ2v) is 4.75. The summed E-state index contributed by atoms with van der Waals surface area (Å²) in [7, 11) is 0. The fraction of sp³-hybridized carbons (Fsp3) is 0.357. The van der Waals surface area contributed by atoms with Gasteiger partial charge in [0.15, 0.2) is 0 Å². The van der Waals surface area contributed by atoms with E-state index in [1.807, 2.05) is 0 Å². The number of benzene rings is 1. The van der Waals surface area contributed by atoms with Crippen LogP contribution < -0.4 is 5.73 Å². The fourth-order valence-electron chi connectivity index (χ4n) is 2.38. The molecule has 1 amide bonds. The lowest BCUT2D eigenvalue weighted by Crippen LogP contribution is -2.38. The van der Waals surface area contributed by atoms with Gasteiger partial charge in [0.2, 0.25) is 5.91 Å². The molecular weight excluding hydrogens is 258 g/mol. The third kappa shape index (κ3) is 3.21. The third-order valence-corrected chi connectivity index (χ3v) is 3.43. The molecule has 1 fully saturated rings. The maximum absolute atomic E-state index is 12.1. The number of nitrogens with two attached hydrogens (primary N) is 1. The standard InChI is InChI=1S/C14H17N3O3/c15-10-13-5-2-8-16(13)14(18)7-6-11-3-1-4-12(9-11)17(19)20/h1,3-4,6-7,9,13H,2,5,8,10,15H2/b7-6+. The summed E-state index contributed by atoms with van der Waals surface area (Å²) in [6, 6.07) is 6.29.